The second-order valence-corrected chi connectivity index (χ2v) is 20.4. The first kappa shape index (κ1) is 31.6. The van der Waals surface area contributed by atoms with E-state index in [1.807, 2.05) is 43.3 Å². The molecule has 2 atom stereocenters. The number of halogens is 3. The quantitative estimate of drug-likeness (QED) is 0.164. The van der Waals surface area contributed by atoms with Crippen molar-refractivity contribution in [3.8, 4) is 0 Å². The van der Waals surface area contributed by atoms with Gasteiger partial charge in [-0.3, -0.25) is 0 Å². The molecule has 0 N–H and O–H groups in total. The molecule has 1 aliphatic rings. The summed E-state index contributed by atoms with van der Waals surface area (Å²) in [6.45, 7) is 13.5. The zero-order chi connectivity index (χ0) is 28.4. The smallest absolute Gasteiger partial charge is 0.244 e. The lowest BCUT2D eigenvalue weighted by molar-refractivity contribution is 0.127. The lowest BCUT2D eigenvalue weighted by Gasteiger charge is -2.44. The third-order valence-electron chi connectivity index (χ3n) is 7.31. The Labute approximate surface area is 244 Å². The van der Waals surface area contributed by atoms with Gasteiger partial charge in [-0.25, -0.2) is 8.42 Å². The van der Waals surface area contributed by atoms with Gasteiger partial charge >= 0.3 is 0 Å². The standard InChI is InChI=1S/C28H38Cl3NO4SSi/c1-21-12-14-25(15-13-21)37(33,34)32-24(20-36-38(5,6)27(2,3)4)16-23(17-26(32)28(29,30)31)19-35-18-22-10-8-7-9-11-22/h7-16,24,26H,17-20H2,1-6H3. The maximum atomic E-state index is 14.0. The van der Waals surface area contributed by atoms with Crippen LogP contribution in [0.4, 0.5) is 0 Å². The second-order valence-electron chi connectivity index (χ2n) is 11.4. The van der Waals surface area contributed by atoms with E-state index >= 15 is 0 Å². The van der Waals surface area contributed by atoms with Gasteiger partial charge < -0.3 is 9.16 Å². The highest BCUT2D eigenvalue weighted by molar-refractivity contribution is 7.89. The van der Waals surface area contributed by atoms with E-state index in [2.05, 4.69) is 33.9 Å². The Kier molecular flexibility index (Phi) is 10.2. The number of nitrogens with zero attached hydrogens (tertiary/aromatic N) is 1. The van der Waals surface area contributed by atoms with Gasteiger partial charge in [0.2, 0.25) is 13.8 Å². The topological polar surface area (TPSA) is 55.8 Å². The van der Waals surface area contributed by atoms with Crippen LogP contribution >= 0.6 is 34.8 Å². The number of aryl methyl sites for hydroxylation is 1. The minimum Gasteiger partial charge on any atom is -0.415 e. The summed E-state index contributed by atoms with van der Waals surface area (Å²) >= 11 is 19.4. The van der Waals surface area contributed by atoms with Crippen molar-refractivity contribution in [2.24, 2.45) is 0 Å². The molecule has 210 valence electrons. The van der Waals surface area contributed by atoms with Crippen molar-refractivity contribution in [1.29, 1.82) is 0 Å². The van der Waals surface area contributed by atoms with Crippen LogP contribution in [0.25, 0.3) is 0 Å². The van der Waals surface area contributed by atoms with Crippen LogP contribution in [0.3, 0.4) is 0 Å². The number of alkyl halides is 3. The van der Waals surface area contributed by atoms with Gasteiger partial charge in [0.15, 0.2) is 8.32 Å². The second kappa shape index (κ2) is 12.3. The molecule has 0 amide bonds. The van der Waals surface area contributed by atoms with Gasteiger partial charge in [-0.05, 0) is 54.7 Å². The zero-order valence-electron chi connectivity index (χ0n) is 22.9. The van der Waals surface area contributed by atoms with Crippen LogP contribution < -0.4 is 0 Å². The van der Waals surface area contributed by atoms with Gasteiger partial charge in [-0.1, -0.05) is 110 Å². The normalized spacial score (nSPS) is 19.9. The average molecular weight is 619 g/mol. The first-order valence-corrected chi connectivity index (χ1v) is 18.1. The first-order valence-electron chi connectivity index (χ1n) is 12.6. The van der Waals surface area contributed by atoms with Gasteiger partial charge in [0.05, 0.1) is 36.8 Å². The molecule has 0 spiro atoms. The van der Waals surface area contributed by atoms with Crippen molar-refractivity contribution < 1.29 is 17.6 Å². The average Bonchev–Trinajstić information content (AvgIpc) is 2.82. The van der Waals surface area contributed by atoms with Crippen LogP contribution in [-0.4, -0.2) is 50.1 Å². The lowest BCUT2D eigenvalue weighted by atomic mass is 9.99. The molecular formula is C28H38Cl3NO4SSi. The molecule has 10 heteroatoms. The number of hydrogen-bond donors (Lipinski definition) is 0. The monoisotopic (exact) mass is 617 g/mol. The van der Waals surface area contributed by atoms with E-state index in [1.54, 1.807) is 24.3 Å². The molecule has 0 aliphatic carbocycles. The summed E-state index contributed by atoms with van der Waals surface area (Å²) in [5, 5.41) is -0.0533. The maximum absolute atomic E-state index is 14.0. The summed E-state index contributed by atoms with van der Waals surface area (Å²) in [4.78, 5) is 0.150. The fourth-order valence-corrected chi connectivity index (χ4v) is 7.54. The molecule has 0 bridgehead atoms. The third kappa shape index (κ3) is 7.85. The predicted octanol–water partition coefficient (Wildman–Crippen LogP) is 7.66. The highest BCUT2D eigenvalue weighted by Gasteiger charge is 2.49. The molecule has 0 radical (unpaired) electrons. The molecule has 0 saturated carbocycles. The number of ether oxygens (including phenoxy) is 1. The lowest BCUT2D eigenvalue weighted by Crippen LogP contribution is -2.57. The molecule has 5 nitrogen and oxygen atoms in total. The molecule has 0 saturated heterocycles. The maximum Gasteiger partial charge on any atom is 0.244 e. The molecule has 38 heavy (non-hydrogen) atoms. The molecule has 2 unspecified atom stereocenters. The fraction of sp³-hybridized carbons (Fsp3) is 0.500. The molecule has 3 rings (SSSR count). The Morgan fingerprint density at radius 3 is 2.13 bits per heavy atom. The van der Waals surface area contributed by atoms with Gasteiger partial charge in [0.25, 0.3) is 0 Å². The molecular weight excluding hydrogens is 581 g/mol. The van der Waals surface area contributed by atoms with Gasteiger partial charge in [0.1, 0.15) is 0 Å². The van der Waals surface area contributed by atoms with Crippen molar-refractivity contribution in [2.45, 2.75) is 79.6 Å². The molecule has 1 aliphatic heterocycles. The Morgan fingerprint density at radius 2 is 1.58 bits per heavy atom. The zero-order valence-corrected chi connectivity index (χ0v) is 27.0. The van der Waals surface area contributed by atoms with Crippen molar-refractivity contribution in [2.75, 3.05) is 13.2 Å². The van der Waals surface area contributed by atoms with E-state index in [4.69, 9.17) is 44.0 Å². The van der Waals surface area contributed by atoms with Crippen molar-refractivity contribution in [3.05, 3.63) is 77.4 Å². The number of hydrogen-bond acceptors (Lipinski definition) is 4. The van der Waals surface area contributed by atoms with Crippen LogP contribution in [0.1, 0.15) is 38.3 Å². The van der Waals surface area contributed by atoms with Gasteiger partial charge in [-0.15, -0.1) is 0 Å². The molecule has 2 aromatic carbocycles. The van der Waals surface area contributed by atoms with Crippen LogP contribution in [0.15, 0.2) is 71.1 Å². The summed E-state index contributed by atoms with van der Waals surface area (Å²) in [5.41, 5.74) is 2.87. The minimum absolute atomic E-state index is 0.0533. The fourth-order valence-electron chi connectivity index (χ4n) is 4.03. The summed E-state index contributed by atoms with van der Waals surface area (Å²) in [5.74, 6) is 0. The van der Waals surface area contributed by atoms with Gasteiger partial charge in [-0.2, -0.15) is 4.31 Å². The van der Waals surface area contributed by atoms with Crippen LogP contribution in [-0.2, 0) is 25.8 Å². The third-order valence-corrected chi connectivity index (χ3v) is 14.5. The van der Waals surface area contributed by atoms with E-state index in [0.29, 0.717) is 13.2 Å². The first-order chi connectivity index (χ1) is 17.5. The summed E-state index contributed by atoms with van der Waals surface area (Å²) in [6.07, 6.45) is 2.14. The van der Waals surface area contributed by atoms with Crippen molar-refractivity contribution in [1.82, 2.24) is 4.31 Å². The molecule has 2 aromatic rings. The molecule has 0 aromatic heterocycles. The van der Waals surface area contributed by atoms with E-state index in [-0.39, 0.29) is 23.0 Å². The van der Waals surface area contributed by atoms with E-state index in [0.717, 1.165) is 16.7 Å². The van der Waals surface area contributed by atoms with Crippen molar-refractivity contribution in [3.63, 3.8) is 0 Å². The summed E-state index contributed by atoms with van der Waals surface area (Å²) < 4.78 is 40.0. The Bertz CT molecular complexity index is 1210. The van der Waals surface area contributed by atoms with E-state index in [9.17, 15) is 8.42 Å². The predicted molar refractivity (Wildman–Crippen MR) is 160 cm³/mol. The Balaban J connectivity index is 1.99. The largest absolute Gasteiger partial charge is 0.415 e. The SMILES string of the molecule is Cc1ccc(S(=O)(=O)N2C(CO[Si](C)(C)C(C)(C)C)C=C(COCc3ccccc3)CC2C(Cl)(Cl)Cl)cc1. The Morgan fingerprint density at radius 1 is 0.974 bits per heavy atom. The van der Waals surface area contributed by atoms with Crippen molar-refractivity contribution >= 4 is 53.1 Å². The number of sulfonamides is 1. The van der Waals surface area contributed by atoms with Gasteiger partial charge in [0, 0.05) is 0 Å². The minimum atomic E-state index is -4.02. The molecule has 0 fully saturated rings. The molecule has 1 heterocycles. The highest BCUT2D eigenvalue weighted by atomic mass is 35.6. The number of rotatable bonds is 9. The highest BCUT2D eigenvalue weighted by Crippen LogP contribution is 2.43. The van der Waals surface area contributed by atoms with Crippen LogP contribution in [0.2, 0.25) is 18.1 Å². The van der Waals surface area contributed by atoms with E-state index < -0.39 is 34.2 Å². The van der Waals surface area contributed by atoms with Crippen LogP contribution in [0, 0.1) is 6.92 Å². The van der Waals surface area contributed by atoms with E-state index in [1.165, 1.54) is 4.31 Å². The summed E-state index contributed by atoms with van der Waals surface area (Å²) in [6, 6.07) is 15.0. The number of benzene rings is 2. The summed E-state index contributed by atoms with van der Waals surface area (Å²) in [7, 11) is -6.23. The Hall–Kier alpha value is -0.903. The van der Waals surface area contributed by atoms with Crippen LogP contribution in [0.5, 0.6) is 0 Å².